The van der Waals surface area contributed by atoms with Gasteiger partial charge in [0.1, 0.15) is 0 Å². The second-order valence-electron chi connectivity index (χ2n) is 12.6. The van der Waals surface area contributed by atoms with Crippen LogP contribution in [0.3, 0.4) is 0 Å². The van der Waals surface area contributed by atoms with Gasteiger partial charge in [-0.25, -0.2) is 0 Å². The SMILES string of the molecule is Nc1ccc(C(c2ccc(N=CC3CCC(C=Nc4ccccc4)CC3)cc2)C2CCC(C=Nc3ccccc3)CC2)cc1. The lowest BCUT2D eigenvalue weighted by Gasteiger charge is -2.33. The molecule has 44 heavy (non-hydrogen) atoms. The first-order chi connectivity index (χ1) is 21.7. The molecule has 0 aliphatic heterocycles. The smallest absolute Gasteiger partial charge is 0.0626 e. The van der Waals surface area contributed by atoms with Gasteiger partial charge in [0.05, 0.1) is 17.1 Å². The number of aliphatic imine (C=N–C) groups is 3. The van der Waals surface area contributed by atoms with Gasteiger partial charge in [-0.15, -0.1) is 0 Å². The number of para-hydroxylation sites is 2. The van der Waals surface area contributed by atoms with Gasteiger partial charge < -0.3 is 5.73 Å². The summed E-state index contributed by atoms with van der Waals surface area (Å²) in [6, 6.07) is 38.0. The van der Waals surface area contributed by atoms with Gasteiger partial charge in [-0.3, -0.25) is 15.0 Å². The molecule has 2 aliphatic carbocycles. The van der Waals surface area contributed by atoms with Crippen LogP contribution in [0.15, 0.2) is 124 Å². The minimum Gasteiger partial charge on any atom is -0.399 e. The second-order valence-corrected chi connectivity index (χ2v) is 12.6. The van der Waals surface area contributed by atoms with Gasteiger partial charge in [0, 0.05) is 30.2 Å². The van der Waals surface area contributed by atoms with Crippen LogP contribution in [-0.4, -0.2) is 18.6 Å². The summed E-state index contributed by atoms with van der Waals surface area (Å²) >= 11 is 0. The van der Waals surface area contributed by atoms with Crippen LogP contribution in [0.1, 0.15) is 68.4 Å². The highest BCUT2D eigenvalue weighted by atomic mass is 14.7. The summed E-state index contributed by atoms with van der Waals surface area (Å²) < 4.78 is 0. The molecule has 0 radical (unpaired) electrons. The molecule has 6 rings (SSSR count). The van der Waals surface area contributed by atoms with E-state index >= 15 is 0 Å². The van der Waals surface area contributed by atoms with E-state index in [1.54, 1.807) is 0 Å². The van der Waals surface area contributed by atoms with Gasteiger partial charge in [-0.1, -0.05) is 60.7 Å². The maximum absolute atomic E-state index is 6.07. The predicted octanol–water partition coefficient (Wildman–Crippen LogP) is 10.5. The lowest BCUT2D eigenvalue weighted by molar-refractivity contribution is 0.299. The van der Waals surface area contributed by atoms with Crippen LogP contribution < -0.4 is 5.73 Å². The largest absolute Gasteiger partial charge is 0.399 e. The van der Waals surface area contributed by atoms with Crippen LogP contribution in [0.4, 0.5) is 22.7 Å². The van der Waals surface area contributed by atoms with Gasteiger partial charge in [0.15, 0.2) is 0 Å². The third-order valence-electron chi connectivity index (χ3n) is 9.47. The van der Waals surface area contributed by atoms with Crippen molar-refractivity contribution < 1.29 is 0 Å². The zero-order valence-corrected chi connectivity index (χ0v) is 25.6. The molecule has 224 valence electrons. The van der Waals surface area contributed by atoms with Crippen molar-refractivity contribution in [3.63, 3.8) is 0 Å². The Kier molecular flexibility index (Phi) is 10.1. The van der Waals surface area contributed by atoms with Crippen LogP contribution in [0.5, 0.6) is 0 Å². The lowest BCUT2D eigenvalue weighted by atomic mass is 9.71. The molecule has 2 fully saturated rings. The van der Waals surface area contributed by atoms with Crippen LogP contribution in [0.25, 0.3) is 0 Å². The second kappa shape index (κ2) is 14.9. The van der Waals surface area contributed by atoms with Crippen molar-refractivity contribution >= 4 is 41.4 Å². The first-order valence-electron chi connectivity index (χ1n) is 16.4. The molecule has 4 nitrogen and oxygen atoms in total. The minimum absolute atomic E-state index is 0.355. The molecular weight excluding hydrogens is 536 g/mol. The summed E-state index contributed by atoms with van der Waals surface area (Å²) in [5.74, 6) is 2.60. The molecule has 0 spiro atoms. The van der Waals surface area contributed by atoms with Crippen molar-refractivity contribution in [2.24, 2.45) is 38.6 Å². The highest BCUT2D eigenvalue weighted by Gasteiger charge is 2.29. The number of hydrogen-bond donors (Lipinski definition) is 1. The molecular formula is C40H44N4. The minimum atomic E-state index is 0.355. The lowest BCUT2D eigenvalue weighted by Crippen LogP contribution is -2.22. The molecule has 4 aromatic carbocycles. The maximum Gasteiger partial charge on any atom is 0.0626 e. The number of nitrogens with zero attached hydrogens (tertiary/aromatic N) is 3. The Balaban J connectivity index is 1.07. The van der Waals surface area contributed by atoms with E-state index in [4.69, 9.17) is 15.7 Å². The number of benzene rings is 4. The molecule has 2 saturated carbocycles. The average Bonchev–Trinajstić information content (AvgIpc) is 3.09. The van der Waals surface area contributed by atoms with Crippen molar-refractivity contribution in [3.8, 4) is 0 Å². The van der Waals surface area contributed by atoms with E-state index < -0.39 is 0 Å². The molecule has 0 heterocycles. The molecule has 0 bridgehead atoms. The molecule has 4 heteroatoms. The summed E-state index contributed by atoms with van der Waals surface area (Å²) in [6.45, 7) is 0. The van der Waals surface area contributed by atoms with E-state index in [1.807, 2.05) is 48.5 Å². The van der Waals surface area contributed by atoms with E-state index in [2.05, 4.69) is 84.3 Å². The van der Waals surface area contributed by atoms with Crippen molar-refractivity contribution in [2.75, 3.05) is 5.73 Å². The zero-order valence-electron chi connectivity index (χ0n) is 25.6. The normalized spacial score (nSPS) is 23.4. The van der Waals surface area contributed by atoms with Crippen LogP contribution in [-0.2, 0) is 0 Å². The predicted molar refractivity (Wildman–Crippen MR) is 187 cm³/mol. The monoisotopic (exact) mass is 580 g/mol. The topological polar surface area (TPSA) is 63.1 Å². The standard InChI is InChI=1S/C40H44N4/c41-36-23-19-34(20-24-36)40(33-17-15-32(16-18-33)29-43-38-9-5-2-6-10-38)35-21-25-39(26-22-35)44-28-31-13-11-30(12-14-31)27-42-37-7-3-1-4-8-37/h1-10,19-33,40H,11-18,41H2. The van der Waals surface area contributed by atoms with Gasteiger partial charge in [0.25, 0.3) is 0 Å². The molecule has 0 amide bonds. The van der Waals surface area contributed by atoms with E-state index in [1.165, 1.54) is 62.5 Å². The van der Waals surface area contributed by atoms with Gasteiger partial charge in [-0.2, -0.15) is 0 Å². The fraction of sp³-hybridized carbons (Fsp3) is 0.325. The Morgan fingerprint density at radius 3 is 1.25 bits per heavy atom. The van der Waals surface area contributed by atoms with Crippen LogP contribution >= 0.6 is 0 Å². The van der Waals surface area contributed by atoms with Gasteiger partial charge in [0.2, 0.25) is 0 Å². The van der Waals surface area contributed by atoms with Crippen molar-refractivity contribution in [1.29, 1.82) is 0 Å². The average molecular weight is 581 g/mol. The van der Waals surface area contributed by atoms with Crippen LogP contribution in [0, 0.1) is 23.7 Å². The molecule has 0 aromatic heterocycles. The quantitative estimate of drug-likeness (QED) is 0.155. The Hall–Kier alpha value is -4.31. The fourth-order valence-corrected chi connectivity index (χ4v) is 6.88. The van der Waals surface area contributed by atoms with Crippen molar-refractivity contribution in [1.82, 2.24) is 0 Å². The fourth-order valence-electron chi connectivity index (χ4n) is 6.88. The molecule has 0 saturated heterocycles. The molecule has 2 aliphatic rings. The highest BCUT2D eigenvalue weighted by Crippen LogP contribution is 2.42. The van der Waals surface area contributed by atoms with Gasteiger partial charge in [-0.05, 0) is 135 Å². The summed E-state index contributed by atoms with van der Waals surface area (Å²) in [7, 11) is 0. The third-order valence-corrected chi connectivity index (χ3v) is 9.47. The van der Waals surface area contributed by atoms with E-state index in [-0.39, 0.29) is 0 Å². The van der Waals surface area contributed by atoms with Crippen molar-refractivity contribution in [2.45, 2.75) is 57.3 Å². The first kappa shape index (κ1) is 29.7. The molecule has 1 unspecified atom stereocenters. The van der Waals surface area contributed by atoms with Crippen LogP contribution in [0.2, 0.25) is 0 Å². The van der Waals surface area contributed by atoms with E-state index in [9.17, 15) is 0 Å². The summed E-state index contributed by atoms with van der Waals surface area (Å²) in [6.07, 6.45) is 16.0. The Morgan fingerprint density at radius 2 is 0.818 bits per heavy atom. The van der Waals surface area contributed by atoms with E-state index in [0.29, 0.717) is 29.6 Å². The summed E-state index contributed by atoms with van der Waals surface area (Å²) in [5, 5.41) is 0. The van der Waals surface area contributed by atoms with Crippen molar-refractivity contribution in [3.05, 3.63) is 120 Å². The molecule has 2 N–H and O–H groups in total. The Morgan fingerprint density at radius 1 is 0.455 bits per heavy atom. The number of rotatable bonds is 9. The molecule has 4 aromatic rings. The summed E-state index contributed by atoms with van der Waals surface area (Å²) in [4.78, 5) is 14.3. The Labute approximate surface area is 262 Å². The summed E-state index contributed by atoms with van der Waals surface area (Å²) in [5.41, 5.74) is 12.7. The number of hydrogen-bond acceptors (Lipinski definition) is 4. The highest BCUT2D eigenvalue weighted by molar-refractivity contribution is 5.69. The van der Waals surface area contributed by atoms with Gasteiger partial charge >= 0.3 is 0 Å². The number of nitrogens with two attached hydrogens (primary N) is 1. The number of nitrogen functional groups attached to an aromatic ring is 1. The van der Waals surface area contributed by atoms with E-state index in [0.717, 1.165) is 22.7 Å². The molecule has 1 atom stereocenters. The third kappa shape index (κ3) is 8.19. The zero-order chi connectivity index (χ0) is 30.0. The first-order valence-corrected chi connectivity index (χ1v) is 16.4. The number of anilines is 1. The Bertz CT molecular complexity index is 1510. The maximum atomic E-state index is 6.07.